The number of rotatable bonds is 8. The second-order valence-electron chi connectivity index (χ2n) is 8.68. The van der Waals surface area contributed by atoms with Gasteiger partial charge in [-0.25, -0.2) is 0 Å². The van der Waals surface area contributed by atoms with E-state index in [4.69, 9.17) is 18.9 Å². The van der Waals surface area contributed by atoms with Crippen molar-refractivity contribution in [3.63, 3.8) is 0 Å². The van der Waals surface area contributed by atoms with Gasteiger partial charge in [0.1, 0.15) is 18.1 Å². The van der Waals surface area contributed by atoms with Crippen LogP contribution in [0, 0.1) is 0 Å². The molecule has 1 N–H and O–H groups in total. The number of amides is 1. The maximum atomic E-state index is 13.3. The van der Waals surface area contributed by atoms with Gasteiger partial charge in [0.15, 0.2) is 11.5 Å². The lowest BCUT2D eigenvalue weighted by atomic mass is 9.95. The van der Waals surface area contributed by atoms with Gasteiger partial charge in [-0.05, 0) is 35.9 Å². The molecule has 2 aromatic carbocycles. The minimum absolute atomic E-state index is 0.0422. The lowest BCUT2D eigenvalue weighted by molar-refractivity contribution is -0.140. The highest BCUT2D eigenvalue weighted by Gasteiger charge is 2.46. The van der Waals surface area contributed by atoms with Crippen molar-refractivity contribution in [1.29, 1.82) is 0 Å². The fourth-order valence-corrected chi connectivity index (χ4v) is 4.63. The average Bonchev–Trinajstić information content (AvgIpc) is 3.48. The topological polar surface area (TPSA) is 97.8 Å². The Morgan fingerprint density at radius 3 is 2.56 bits per heavy atom. The van der Waals surface area contributed by atoms with E-state index in [0.29, 0.717) is 61.3 Å². The normalized spacial score (nSPS) is 21.1. The minimum Gasteiger partial charge on any atom is -0.507 e. The summed E-state index contributed by atoms with van der Waals surface area (Å²) >= 11 is 0. The molecule has 0 bridgehead atoms. The van der Waals surface area contributed by atoms with Crippen molar-refractivity contribution in [3.8, 4) is 17.2 Å². The molecule has 2 aromatic rings. The molecule has 3 aliphatic heterocycles. The predicted octanol–water partition coefficient (Wildman–Crippen LogP) is 2.73. The number of carbonyl (C=O) groups excluding carboxylic acids is 2. The Morgan fingerprint density at radius 2 is 1.81 bits per heavy atom. The van der Waals surface area contributed by atoms with Gasteiger partial charge < -0.3 is 29.0 Å². The van der Waals surface area contributed by atoms with Crippen LogP contribution < -0.4 is 14.2 Å². The van der Waals surface area contributed by atoms with Crippen LogP contribution in [-0.2, 0) is 14.3 Å². The van der Waals surface area contributed by atoms with Crippen molar-refractivity contribution in [2.24, 2.45) is 0 Å². The van der Waals surface area contributed by atoms with Gasteiger partial charge in [-0.1, -0.05) is 24.8 Å². The van der Waals surface area contributed by atoms with Crippen molar-refractivity contribution in [3.05, 3.63) is 71.8 Å². The fraction of sp³-hybridized carbons (Fsp3) is 0.333. The molecule has 2 fully saturated rings. The number of likely N-dealkylation sites (tertiary alicyclic amines) is 1. The largest absolute Gasteiger partial charge is 0.507 e. The van der Waals surface area contributed by atoms with Gasteiger partial charge in [-0.2, -0.15) is 0 Å². The van der Waals surface area contributed by atoms with Crippen molar-refractivity contribution >= 4 is 17.4 Å². The molecule has 1 amide bonds. The number of aliphatic hydroxyl groups excluding tert-OH is 1. The molecular weight excluding hydrogens is 464 g/mol. The maximum Gasteiger partial charge on any atom is 0.295 e. The summed E-state index contributed by atoms with van der Waals surface area (Å²) in [7, 11) is 0. The summed E-state index contributed by atoms with van der Waals surface area (Å²) in [6.45, 7) is 7.84. The average molecular weight is 493 g/mol. The van der Waals surface area contributed by atoms with Crippen LogP contribution in [0.2, 0.25) is 0 Å². The molecule has 0 unspecified atom stereocenters. The van der Waals surface area contributed by atoms with Gasteiger partial charge in [-0.3, -0.25) is 14.5 Å². The number of hydrogen-bond donors (Lipinski definition) is 1. The Morgan fingerprint density at radius 1 is 1.06 bits per heavy atom. The van der Waals surface area contributed by atoms with Gasteiger partial charge >= 0.3 is 0 Å². The Balaban J connectivity index is 1.51. The lowest BCUT2D eigenvalue weighted by Gasteiger charge is -2.31. The molecule has 188 valence electrons. The molecule has 1 atom stereocenters. The third-order valence-electron chi connectivity index (χ3n) is 6.51. The number of Topliss-reactive ketones (excluding diaryl/α,β-unsaturated/α-hetero) is 1. The lowest BCUT2D eigenvalue weighted by Crippen LogP contribution is -2.42. The van der Waals surface area contributed by atoms with Gasteiger partial charge in [0.2, 0.25) is 6.79 Å². The molecule has 9 nitrogen and oxygen atoms in total. The Kier molecular flexibility index (Phi) is 6.92. The van der Waals surface area contributed by atoms with Gasteiger partial charge in [0.25, 0.3) is 11.7 Å². The minimum atomic E-state index is -0.745. The van der Waals surface area contributed by atoms with Gasteiger partial charge in [0, 0.05) is 31.7 Å². The Bertz CT molecular complexity index is 1190. The highest BCUT2D eigenvalue weighted by molar-refractivity contribution is 6.46. The Hall–Kier alpha value is -3.82. The summed E-state index contributed by atoms with van der Waals surface area (Å²) in [4.78, 5) is 30.2. The highest BCUT2D eigenvalue weighted by Crippen LogP contribution is 2.41. The number of ether oxygens (including phenoxy) is 4. The molecule has 0 spiro atoms. The molecule has 36 heavy (non-hydrogen) atoms. The van der Waals surface area contributed by atoms with Crippen LogP contribution in [0.25, 0.3) is 5.76 Å². The van der Waals surface area contributed by atoms with E-state index in [1.54, 1.807) is 36.4 Å². The molecular formula is C27H28N2O7. The molecule has 9 heteroatoms. The second kappa shape index (κ2) is 10.4. The van der Waals surface area contributed by atoms with Crippen molar-refractivity contribution in [2.45, 2.75) is 6.04 Å². The molecule has 0 radical (unpaired) electrons. The first-order chi connectivity index (χ1) is 17.6. The summed E-state index contributed by atoms with van der Waals surface area (Å²) in [6, 6.07) is 11.4. The summed E-state index contributed by atoms with van der Waals surface area (Å²) in [5.74, 6) is 0.0638. The van der Waals surface area contributed by atoms with Crippen LogP contribution in [0.4, 0.5) is 0 Å². The molecule has 3 heterocycles. The van der Waals surface area contributed by atoms with E-state index in [1.807, 2.05) is 12.1 Å². The number of nitrogens with zero attached hydrogens (tertiary/aromatic N) is 2. The third kappa shape index (κ3) is 4.67. The van der Waals surface area contributed by atoms with Crippen molar-refractivity contribution < 1.29 is 33.6 Å². The molecule has 0 aromatic heterocycles. The van der Waals surface area contributed by atoms with Crippen molar-refractivity contribution in [2.75, 3.05) is 52.8 Å². The number of aliphatic hydroxyl groups is 1. The maximum absolute atomic E-state index is 13.3. The predicted molar refractivity (Wildman–Crippen MR) is 131 cm³/mol. The van der Waals surface area contributed by atoms with E-state index in [9.17, 15) is 14.7 Å². The van der Waals surface area contributed by atoms with E-state index >= 15 is 0 Å². The van der Waals surface area contributed by atoms with Crippen LogP contribution in [0.5, 0.6) is 17.2 Å². The summed E-state index contributed by atoms with van der Waals surface area (Å²) < 4.78 is 21.8. The highest BCUT2D eigenvalue weighted by atomic mass is 16.7. The summed E-state index contributed by atoms with van der Waals surface area (Å²) in [6.07, 6.45) is 1.65. The van der Waals surface area contributed by atoms with Crippen molar-refractivity contribution in [1.82, 2.24) is 9.80 Å². The zero-order valence-electron chi connectivity index (χ0n) is 19.9. The quantitative estimate of drug-likeness (QED) is 0.260. The third-order valence-corrected chi connectivity index (χ3v) is 6.51. The SMILES string of the molecule is C=CCOc1ccc([C@H]2C(=C(O)c3ccc4c(c3)OCO4)C(=O)C(=O)N2CCN2CCOCC2)cc1. The van der Waals surface area contributed by atoms with E-state index in [2.05, 4.69) is 11.5 Å². The number of fused-ring (bicyclic) bond motifs is 1. The summed E-state index contributed by atoms with van der Waals surface area (Å²) in [5, 5.41) is 11.3. The van der Waals surface area contributed by atoms with E-state index in [0.717, 1.165) is 13.1 Å². The van der Waals surface area contributed by atoms with E-state index in [-0.39, 0.29) is 18.1 Å². The number of ketones is 1. The molecule has 3 aliphatic rings. The van der Waals surface area contributed by atoms with Crippen LogP contribution >= 0.6 is 0 Å². The zero-order chi connectivity index (χ0) is 25.1. The van der Waals surface area contributed by atoms with Gasteiger partial charge in [0.05, 0.1) is 24.8 Å². The first kappa shape index (κ1) is 23.9. The first-order valence-corrected chi connectivity index (χ1v) is 11.9. The molecule has 2 saturated heterocycles. The monoisotopic (exact) mass is 492 g/mol. The van der Waals surface area contributed by atoms with Crippen LogP contribution in [0.3, 0.4) is 0 Å². The Labute approximate surface area is 209 Å². The molecule has 0 aliphatic carbocycles. The van der Waals surface area contributed by atoms with Gasteiger partial charge in [-0.15, -0.1) is 0 Å². The zero-order valence-corrected chi connectivity index (χ0v) is 19.9. The smallest absolute Gasteiger partial charge is 0.295 e. The van der Waals surface area contributed by atoms with E-state index < -0.39 is 17.7 Å². The number of morpholine rings is 1. The summed E-state index contributed by atoms with van der Waals surface area (Å²) in [5.41, 5.74) is 1.12. The number of benzene rings is 2. The number of hydrogen-bond acceptors (Lipinski definition) is 8. The van der Waals surface area contributed by atoms with Crippen LogP contribution in [0.1, 0.15) is 17.2 Å². The number of carbonyl (C=O) groups is 2. The first-order valence-electron chi connectivity index (χ1n) is 11.9. The molecule has 5 rings (SSSR count). The van der Waals surface area contributed by atoms with E-state index in [1.165, 1.54) is 4.90 Å². The van der Waals surface area contributed by atoms with Crippen LogP contribution in [0.15, 0.2) is 60.7 Å². The van der Waals surface area contributed by atoms with Crippen LogP contribution in [-0.4, -0.2) is 79.4 Å². The standard InChI is InChI=1S/C27H28N2O7/c1-2-13-34-20-6-3-18(4-7-20)24-23(25(30)19-5-8-21-22(16-19)36-17-35-21)26(31)27(32)29(24)10-9-28-11-14-33-15-12-28/h2-8,16,24,30H,1,9-15,17H2/t24-/m0/s1. The fourth-order valence-electron chi connectivity index (χ4n) is 4.63. The second-order valence-corrected chi connectivity index (χ2v) is 8.68. The molecule has 0 saturated carbocycles.